The van der Waals surface area contributed by atoms with Gasteiger partial charge in [0, 0.05) is 25.2 Å². The van der Waals surface area contributed by atoms with Crippen molar-refractivity contribution in [3.63, 3.8) is 0 Å². The highest BCUT2D eigenvalue weighted by Crippen LogP contribution is 2.40. The number of fused-ring (bicyclic) bond motifs is 2. The van der Waals surface area contributed by atoms with Gasteiger partial charge in [-0.25, -0.2) is 8.78 Å². The van der Waals surface area contributed by atoms with Crippen molar-refractivity contribution in [2.24, 2.45) is 10.7 Å². The van der Waals surface area contributed by atoms with Crippen LogP contribution in [0.5, 0.6) is 11.8 Å². The number of methoxy groups -OCH3 is 1. The number of rotatable bonds is 8. The number of aromatic nitrogens is 2. The summed E-state index contributed by atoms with van der Waals surface area (Å²) in [6.45, 7) is 7.36. The fourth-order valence-electron chi connectivity index (χ4n) is 6.00. The first-order chi connectivity index (χ1) is 19.2. The number of halogens is 2. The molecule has 3 N–H and O–H groups in total. The molecule has 10 nitrogen and oxygen atoms in total. The summed E-state index contributed by atoms with van der Waals surface area (Å²) in [5.74, 6) is -1.95. The zero-order valence-electron chi connectivity index (χ0n) is 23.3. The normalized spacial score (nSPS) is 19.5. The minimum absolute atomic E-state index is 0.0253. The van der Waals surface area contributed by atoms with Crippen molar-refractivity contribution in [1.82, 2.24) is 20.2 Å². The summed E-state index contributed by atoms with van der Waals surface area (Å²) in [5, 5.41) is 2.88. The van der Waals surface area contributed by atoms with Crippen LogP contribution in [0.3, 0.4) is 0 Å². The third kappa shape index (κ3) is 5.54. The molecular weight excluding hydrogens is 520 g/mol. The van der Waals surface area contributed by atoms with E-state index in [0.29, 0.717) is 31.8 Å². The van der Waals surface area contributed by atoms with Crippen molar-refractivity contribution < 1.29 is 23.0 Å². The Hall–Kier alpha value is -3.54. The molecule has 1 aromatic heterocycles. The van der Waals surface area contributed by atoms with Gasteiger partial charge in [-0.15, -0.1) is 0 Å². The third-order valence-electron chi connectivity index (χ3n) is 7.84. The number of nitrogens with one attached hydrogen (secondary N) is 1. The summed E-state index contributed by atoms with van der Waals surface area (Å²) < 4.78 is 41.6. The van der Waals surface area contributed by atoms with Crippen LogP contribution in [0.4, 0.5) is 14.6 Å². The number of carbonyl (C=O) groups excluding carboxylic acids is 1. The molecule has 1 aromatic carbocycles. The van der Waals surface area contributed by atoms with Crippen LogP contribution in [-0.4, -0.2) is 84.5 Å². The highest BCUT2D eigenvalue weighted by atomic mass is 19.1. The molecule has 216 valence electrons. The van der Waals surface area contributed by atoms with Gasteiger partial charge in [0.2, 0.25) is 0 Å². The Kier molecular flexibility index (Phi) is 8.07. The van der Waals surface area contributed by atoms with E-state index in [0.717, 1.165) is 44.8 Å². The Bertz CT molecular complexity index is 1340. The summed E-state index contributed by atoms with van der Waals surface area (Å²) in [5.41, 5.74) is 6.49. The SMILES string of the molecule is COc1c(F)cc(F)c2nc(OCC34CCCN3CCC4)nc(N3CCCN=C(/C=C(\N)C(=O)NC(C)C)C3)c12. The van der Waals surface area contributed by atoms with Crippen molar-refractivity contribution >= 4 is 28.3 Å². The van der Waals surface area contributed by atoms with Crippen molar-refractivity contribution in [3.8, 4) is 11.8 Å². The van der Waals surface area contributed by atoms with Crippen LogP contribution in [-0.2, 0) is 4.79 Å². The molecule has 5 rings (SSSR count). The predicted molar refractivity (Wildman–Crippen MR) is 149 cm³/mol. The Morgan fingerprint density at radius 1 is 1.18 bits per heavy atom. The standard InChI is InChI=1S/C28H37F2N7O3/c1-17(2)33-26(38)21(31)13-18-15-36(10-6-9-32-18)25-22-23(19(29)14-20(30)24(22)39-3)34-27(35-25)40-16-28-7-4-11-37(28)12-5-8-28/h13-14,17H,4-12,15-16,31H2,1-3H3,(H,33,38)/b21-13-. The lowest BCUT2D eigenvalue weighted by molar-refractivity contribution is -0.118. The highest BCUT2D eigenvalue weighted by Gasteiger charge is 2.45. The number of nitrogens with zero attached hydrogens (tertiary/aromatic N) is 5. The first-order valence-corrected chi connectivity index (χ1v) is 13.9. The fourth-order valence-corrected chi connectivity index (χ4v) is 6.00. The van der Waals surface area contributed by atoms with Gasteiger partial charge < -0.3 is 25.4 Å². The van der Waals surface area contributed by atoms with Crippen LogP contribution in [0.2, 0.25) is 0 Å². The van der Waals surface area contributed by atoms with E-state index in [1.54, 1.807) is 0 Å². The van der Waals surface area contributed by atoms with E-state index in [1.165, 1.54) is 13.2 Å². The third-order valence-corrected chi connectivity index (χ3v) is 7.84. The molecule has 0 aliphatic carbocycles. The number of nitrogens with two attached hydrogens (primary N) is 1. The molecule has 40 heavy (non-hydrogen) atoms. The molecule has 1 amide bonds. The van der Waals surface area contributed by atoms with E-state index in [1.807, 2.05) is 18.7 Å². The Morgan fingerprint density at radius 3 is 2.62 bits per heavy atom. The lowest BCUT2D eigenvalue weighted by atomic mass is 9.95. The highest BCUT2D eigenvalue weighted by molar-refractivity contribution is 6.06. The molecule has 0 spiro atoms. The zero-order chi connectivity index (χ0) is 28.4. The molecule has 2 fully saturated rings. The summed E-state index contributed by atoms with van der Waals surface area (Å²) in [4.78, 5) is 30.3. The van der Waals surface area contributed by atoms with Gasteiger partial charge in [-0.3, -0.25) is 14.7 Å². The molecule has 0 bridgehead atoms. The average molecular weight is 558 g/mol. The number of hydrogen-bond acceptors (Lipinski definition) is 9. The van der Waals surface area contributed by atoms with Gasteiger partial charge in [0.15, 0.2) is 17.4 Å². The maximum Gasteiger partial charge on any atom is 0.319 e. The van der Waals surface area contributed by atoms with E-state index in [9.17, 15) is 9.18 Å². The minimum Gasteiger partial charge on any atom is -0.493 e. The number of carbonyl (C=O) groups is 1. The molecule has 2 saturated heterocycles. The second-order valence-corrected chi connectivity index (χ2v) is 11.0. The van der Waals surface area contributed by atoms with E-state index < -0.39 is 17.5 Å². The van der Waals surface area contributed by atoms with Gasteiger partial charge in [-0.05, 0) is 65.1 Å². The molecule has 2 aromatic rings. The van der Waals surface area contributed by atoms with Gasteiger partial charge in [0.05, 0.1) is 36.0 Å². The van der Waals surface area contributed by atoms with Crippen LogP contribution in [0.15, 0.2) is 22.8 Å². The molecule has 0 atom stereocenters. The fraction of sp³-hybridized carbons (Fsp3) is 0.571. The van der Waals surface area contributed by atoms with E-state index in [-0.39, 0.29) is 52.3 Å². The zero-order valence-corrected chi connectivity index (χ0v) is 23.3. The maximum atomic E-state index is 15.2. The number of anilines is 1. The summed E-state index contributed by atoms with van der Waals surface area (Å²) in [6, 6.07) is 0.717. The largest absolute Gasteiger partial charge is 0.493 e. The van der Waals surface area contributed by atoms with E-state index in [4.69, 9.17) is 20.2 Å². The molecule has 12 heteroatoms. The average Bonchev–Trinajstić information content (AvgIpc) is 3.40. The minimum atomic E-state index is -0.851. The molecule has 0 saturated carbocycles. The second kappa shape index (κ2) is 11.5. The van der Waals surface area contributed by atoms with Gasteiger partial charge in [-0.2, -0.15) is 9.97 Å². The van der Waals surface area contributed by atoms with E-state index >= 15 is 4.39 Å². The number of aliphatic imine (C=N–C) groups is 1. The topological polar surface area (TPSA) is 118 Å². The van der Waals surface area contributed by atoms with Crippen LogP contribution < -0.4 is 25.4 Å². The van der Waals surface area contributed by atoms with E-state index in [2.05, 4.69) is 20.2 Å². The summed E-state index contributed by atoms with van der Waals surface area (Å²) in [6.07, 6.45) is 6.47. The second-order valence-electron chi connectivity index (χ2n) is 11.0. The van der Waals surface area contributed by atoms with Gasteiger partial charge in [-0.1, -0.05) is 0 Å². The lowest BCUT2D eigenvalue weighted by Crippen LogP contribution is -2.43. The first kappa shape index (κ1) is 28.0. The number of ether oxygens (including phenoxy) is 2. The Balaban J connectivity index is 1.52. The Labute approximate surface area is 232 Å². The molecular formula is C28H37F2N7O3. The van der Waals surface area contributed by atoms with Crippen molar-refractivity contribution in [2.75, 3.05) is 51.3 Å². The molecule has 4 heterocycles. The predicted octanol–water partition coefficient (Wildman–Crippen LogP) is 2.94. The molecule has 0 unspecified atom stereocenters. The van der Waals surface area contributed by atoms with Crippen molar-refractivity contribution in [3.05, 3.63) is 29.5 Å². The molecule has 0 radical (unpaired) electrons. The smallest absolute Gasteiger partial charge is 0.319 e. The van der Waals surface area contributed by atoms with Gasteiger partial charge in [0.1, 0.15) is 17.9 Å². The van der Waals surface area contributed by atoms with Crippen LogP contribution in [0.1, 0.15) is 46.0 Å². The number of amides is 1. The lowest BCUT2D eigenvalue weighted by Gasteiger charge is -2.31. The summed E-state index contributed by atoms with van der Waals surface area (Å²) in [7, 11) is 1.32. The monoisotopic (exact) mass is 557 g/mol. The number of benzene rings is 1. The quantitative estimate of drug-likeness (QED) is 0.476. The summed E-state index contributed by atoms with van der Waals surface area (Å²) >= 11 is 0. The van der Waals surface area contributed by atoms with Crippen LogP contribution in [0, 0.1) is 11.6 Å². The number of hydrogen-bond donors (Lipinski definition) is 2. The molecule has 3 aliphatic rings. The van der Waals surface area contributed by atoms with Crippen molar-refractivity contribution in [1.29, 1.82) is 0 Å². The maximum absolute atomic E-state index is 15.2. The first-order valence-electron chi connectivity index (χ1n) is 13.9. The van der Waals surface area contributed by atoms with Crippen LogP contribution >= 0.6 is 0 Å². The van der Waals surface area contributed by atoms with Crippen LogP contribution in [0.25, 0.3) is 10.9 Å². The van der Waals surface area contributed by atoms with Gasteiger partial charge >= 0.3 is 6.01 Å². The molecule has 3 aliphatic heterocycles. The van der Waals surface area contributed by atoms with Gasteiger partial charge in [0.25, 0.3) is 5.91 Å². The van der Waals surface area contributed by atoms with Crippen molar-refractivity contribution in [2.45, 2.75) is 57.5 Å². The Morgan fingerprint density at radius 2 is 1.93 bits per heavy atom.